The lowest BCUT2D eigenvalue weighted by Crippen LogP contribution is -2.28. The fourth-order valence-corrected chi connectivity index (χ4v) is 2.33. The molecule has 0 saturated heterocycles. The summed E-state index contributed by atoms with van der Waals surface area (Å²) < 4.78 is 27.8. The molecule has 1 rings (SSSR count). The normalized spacial score (nSPS) is 15.8. The standard InChI is InChI=1S/C10H14O5S/c1-7-5-3-4-6-9(7)16(13,14)15-10(12)8(2)11/h3-6,8,10-12H,1-2H3. The molecule has 0 aliphatic heterocycles. The summed E-state index contributed by atoms with van der Waals surface area (Å²) >= 11 is 0. The molecule has 2 unspecified atom stereocenters. The highest BCUT2D eigenvalue weighted by Gasteiger charge is 2.24. The van der Waals surface area contributed by atoms with E-state index < -0.39 is 22.5 Å². The molecule has 0 fully saturated rings. The Morgan fingerprint density at radius 3 is 2.31 bits per heavy atom. The van der Waals surface area contributed by atoms with E-state index in [1.807, 2.05) is 0 Å². The minimum atomic E-state index is -4.05. The van der Waals surface area contributed by atoms with Crippen molar-refractivity contribution in [2.75, 3.05) is 0 Å². The van der Waals surface area contributed by atoms with E-state index in [9.17, 15) is 8.42 Å². The van der Waals surface area contributed by atoms with Crippen molar-refractivity contribution >= 4 is 10.1 Å². The predicted octanol–water partition coefficient (Wildman–Crippen LogP) is 0.400. The van der Waals surface area contributed by atoms with Crippen molar-refractivity contribution in [3.05, 3.63) is 29.8 Å². The van der Waals surface area contributed by atoms with Gasteiger partial charge in [-0.25, -0.2) is 4.18 Å². The smallest absolute Gasteiger partial charge is 0.299 e. The lowest BCUT2D eigenvalue weighted by Gasteiger charge is -2.15. The number of aryl methyl sites for hydroxylation is 1. The van der Waals surface area contributed by atoms with Crippen molar-refractivity contribution in [3.8, 4) is 0 Å². The molecular formula is C10H14O5S. The van der Waals surface area contributed by atoms with Gasteiger partial charge in [0.25, 0.3) is 10.1 Å². The maximum Gasteiger partial charge on any atom is 0.299 e. The zero-order valence-corrected chi connectivity index (χ0v) is 9.81. The molecule has 90 valence electrons. The Morgan fingerprint density at radius 2 is 1.81 bits per heavy atom. The van der Waals surface area contributed by atoms with Gasteiger partial charge in [0.15, 0.2) is 6.29 Å². The van der Waals surface area contributed by atoms with Crippen LogP contribution in [-0.2, 0) is 14.3 Å². The summed E-state index contributed by atoms with van der Waals surface area (Å²) in [6, 6.07) is 6.24. The van der Waals surface area contributed by atoms with Crippen molar-refractivity contribution in [1.29, 1.82) is 0 Å². The van der Waals surface area contributed by atoms with E-state index in [1.165, 1.54) is 13.0 Å². The Kier molecular flexibility index (Phi) is 4.03. The number of aliphatic hydroxyl groups excluding tert-OH is 2. The molecule has 16 heavy (non-hydrogen) atoms. The molecule has 6 heteroatoms. The van der Waals surface area contributed by atoms with Gasteiger partial charge in [-0.2, -0.15) is 8.42 Å². The Bertz CT molecular complexity index is 452. The Labute approximate surface area is 94.4 Å². The Morgan fingerprint density at radius 1 is 1.25 bits per heavy atom. The van der Waals surface area contributed by atoms with Crippen LogP contribution in [0.5, 0.6) is 0 Å². The largest absolute Gasteiger partial charge is 0.388 e. The van der Waals surface area contributed by atoms with Gasteiger partial charge >= 0.3 is 0 Å². The van der Waals surface area contributed by atoms with Crippen molar-refractivity contribution in [3.63, 3.8) is 0 Å². The van der Waals surface area contributed by atoms with E-state index >= 15 is 0 Å². The van der Waals surface area contributed by atoms with Gasteiger partial charge in [-0.3, -0.25) is 0 Å². The van der Waals surface area contributed by atoms with Crippen LogP contribution in [-0.4, -0.2) is 31.0 Å². The third-order valence-corrected chi connectivity index (χ3v) is 3.45. The molecular weight excluding hydrogens is 232 g/mol. The van der Waals surface area contributed by atoms with Crippen LogP contribution in [0.4, 0.5) is 0 Å². The number of rotatable bonds is 4. The summed E-state index contributed by atoms with van der Waals surface area (Å²) in [4.78, 5) is -0.0188. The van der Waals surface area contributed by atoms with Gasteiger partial charge in [-0.05, 0) is 25.5 Å². The maximum atomic E-state index is 11.7. The van der Waals surface area contributed by atoms with E-state index in [1.54, 1.807) is 25.1 Å². The minimum Gasteiger partial charge on any atom is -0.388 e. The van der Waals surface area contributed by atoms with Crippen LogP contribution in [0.25, 0.3) is 0 Å². The molecule has 0 aliphatic carbocycles. The van der Waals surface area contributed by atoms with Gasteiger partial charge in [0, 0.05) is 0 Å². The first-order chi connectivity index (χ1) is 7.34. The summed E-state index contributed by atoms with van der Waals surface area (Å²) in [5.41, 5.74) is 0.514. The second kappa shape index (κ2) is 4.92. The maximum absolute atomic E-state index is 11.7. The van der Waals surface area contributed by atoms with Crippen LogP contribution >= 0.6 is 0 Å². The number of hydrogen-bond acceptors (Lipinski definition) is 5. The van der Waals surface area contributed by atoms with E-state index in [0.717, 1.165) is 0 Å². The number of hydrogen-bond donors (Lipinski definition) is 2. The highest BCUT2D eigenvalue weighted by molar-refractivity contribution is 7.86. The molecule has 1 aromatic carbocycles. The summed E-state index contributed by atoms with van der Waals surface area (Å²) in [6.45, 7) is 2.85. The van der Waals surface area contributed by atoms with Crippen molar-refractivity contribution in [2.24, 2.45) is 0 Å². The fraction of sp³-hybridized carbons (Fsp3) is 0.400. The summed E-state index contributed by atoms with van der Waals surface area (Å²) in [7, 11) is -4.05. The molecule has 1 aromatic rings. The first kappa shape index (κ1) is 13.1. The fourth-order valence-electron chi connectivity index (χ4n) is 1.10. The Hall–Kier alpha value is -0.950. The Balaban J connectivity index is 3.00. The molecule has 0 aliphatic rings. The van der Waals surface area contributed by atoms with E-state index in [4.69, 9.17) is 10.2 Å². The first-order valence-electron chi connectivity index (χ1n) is 4.69. The summed E-state index contributed by atoms with van der Waals surface area (Å²) in [5.74, 6) is 0. The molecule has 0 bridgehead atoms. The quantitative estimate of drug-likeness (QED) is 0.593. The van der Waals surface area contributed by atoms with Crippen molar-refractivity contribution in [2.45, 2.75) is 31.1 Å². The highest BCUT2D eigenvalue weighted by Crippen LogP contribution is 2.18. The molecule has 2 atom stereocenters. The predicted molar refractivity (Wildman–Crippen MR) is 57.1 cm³/mol. The van der Waals surface area contributed by atoms with Crippen LogP contribution in [0.15, 0.2) is 29.2 Å². The first-order valence-corrected chi connectivity index (χ1v) is 6.10. The van der Waals surface area contributed by atoms with Gasteiger partial charge in [0.05, 0.1) is 4.90 Å². The average Bonchev–Trinajstić information content (AvgIpc) is 2.17. The van der Waals surface area contributed by atoms with Crippen molar-refractivity contribution < 1.29 is 22.8 Å². The summed E-state index contributed by atoms with van der Waals surface area (Å²) in [6.07, 6.45) is -3.04. The monoisotopic (exact) mass is 246 g/mol. The molecule has 5 nitrogen and oxygen atoms in total. The van der Waals surface area contributed by atoms with Gasteiger partial charge in [0.2, 0.25) is 0 Å². The van der Waals surface area contributed by atoms with Crippen LogP contribution < -0.4 is 0 Å². The molecule has 0 heterocycles. The molecule has 0 aromatic heterocycles. The van der Waals surface area contributed by atoms with Crippen LogP contribution in [0.1, 0.15) is 12.5 Å². The van der Waals surface area contributed by atoms with E-state index in [0.29, 0.717) is 5.56 Å². The molecule has 0 spiro atoms. The average molecular weight is 246 g/mol. The molecule has 0 saturated carbocycles. The minimum absolute atomic E-state index is 0.0188. The van der Waals surface area contributed by atoms with Gasteiger partial charge in [-0.15, -0.1) is 0 Å². The molecule has 0 radical (unpaired) electrons. The van der Waals surface area contributed by atoms with Crippen molar-refractivity contribution in [1.82, 2.24) is 0 Å². The second-order valence-corrected chi connectivity index (χ2v) is 4.99. The van der Waals surface area contributed by atoms with E-state index in [-0.39, 0.29) is 4.90 Å². The molecule has 0 amide bonds. The number of benzene rings is 1. The van der Waals surface area contributed by atoms with Crippen LogP contribution in [0, 0.1) is 6.92 Å². The number of aliphatic hydroxyl groups is 2. The topological polar surface area (TPSA) is 83.8 Å². The van der Waals surface area contributed by atoms with Gasteiger partial charge in [-0.1, -0.05) is 18.2 Å². The highest BCUT2D eigenvalue weighted by atomic mass is 32.2. The zero-order chi connectivity index (χ0) is 12.3. The van der Waals surface area contributed by atoms with Crippen LogP contribution in [0.3, 0.4) is 0 Å². The van der Waals surface area contributed by atoms with Gasteiger partial charge in [0.1, 0.15) is 6.10 Å². The third kappa shape index (κ3) is 3.02. The lowest BCUT2D eigenvalue weighted by atomic mass is 10.2. The van der Waals surface area contributed by atoms with Gasteiger partial charge < -0.3 is 10.2 Å². The molecule has 2 N–H and O–H groups in total. The lowest BCUT2D eigenvalue weighted by molar-refractivity contribution is -0.0923. The third-order valence-electron chi connectivity index (χ3n) is 2.00. The van der Waals surface area contributed by atoms with E-state index in [2.05, 4.69) is 4.18 Å². The second-order valence-electron chi connectivity index (χ2n) is 3.45. The zero-order valence-electron chi connectivity index (χ0n) is 8.99. The SMILES string of the molecule is Cc1ccccc1S(=O)(=O)OC(O)C(C)O. The van der Waals surface area contributed by atoms with Crippen LogP contribution in [0.2, 0.25) is 0 Å². The summed E-state index contributed by atoms with van der Waals surface area (Å²) in [5, 5.41) is 18.1.